The number of aliphatic imine (C=N–C) groups is 1. The number of nitrogens with one attached hydrogen (secondary N) is 3. The quantitative estimate of drug-likeness (QED) is 0.590. The summed E-state index contributed by atoms with van der Waals surface area (Å²) in [4.78, 5) is 16.0. The molecule has 2 rings (SSSR count). The lowest BCUT2D eigenvalue weighted by atomic mass is 9.95. The van der Waals surface area contributed by atoms with E-state index in [0.717, 1.165) is 50.9 Å². The van der Waals surface area contributed by atoms with E-state index in [1.807, 2.05) is 0 Å². The lowest BCUT2D eigenvalue weighted by Crippen LogP contribution is -2.49. The number of nitrogens with two attached hydrogens (primary N) is 1. The van der Waals surface area contributed by atoms with E-state index in [4.69, 9.17) is 11.1 Å². The van der Waals surface area contributed by atoms with Gasteiger partial charge in [0.15, 0.2) is 0 Å². The molecule has 2 atom stereocenters. The highest BCUT2D eigenvalue weighted by molar-refractivity contribution is 5.85. The third-order valence-corrected chi connectivity index (χ3v) is 3.80. The van der Waals surface area contributed by atoms with Crippen molar-refractivity contribution in [2.24, 2.45) is 16.6 Å². The molecule has 0 bridgehead atoms. The Morgan fingerprint density at radius 2 is 2.32 bits per heavy atom. The number of amidine groups is 2. The highest BCUT2D eigenvalue weighted by Crippen LogP contribution is 2.16. The number of hydrogen-bond acceptors (Lipinski definition) is 4. The molecule has 2 heterocycles. The fourth-order valence-corrected chi connectivity index (χ4v) is 2.69. The van der Waals surface area contributed by atoms with Crippen molar-refractivity contribution in [1.29, 1.82) is 5.41 Å². The Morgan fingerprint density at radius 1 is 1.47 bits per heavy atom. The predicted molar refractivity (Wildman–Crippen MR) is 75.3 cm³/mol. The standard InChI is InChI=1S/C13H23N5O/c14-11-5-2-1-4-10(18-11)9(13(15)19)8-17-12-6-3-7-16-12/h9-10H,1-8H2,(H2,14,18)(H2,15,19)(H,16,17). The largest absolute Gasteiger partial charge is 0.373 e. The van der Waals surface area contributed by atoms with Crippen molar-refractivity contribution in [2.45, 2.75) is 44.6 Å². The van der Waals surface area contributed by atoms with E-state index < -0.39 is 0 Å². The summed E-state index contributed by atoms with van der Waals surface area (Å²) in [5, 5.41) is 14.2. The number of carbonyl (C=O) groups is 1. The molecule has 0 aromatic carbocycles. The van der Waals surface area contributed by atoms with Crippen molar-refractivity contribution in [3.63, 3.8) is 0 Å². The van der Waals surface area contributed by atoms with Gasteiger partial charge in [0.2, 0.25) is 5.91 Å². The Bertz CT molecular complexity index is 379. The van der Waals surface area contributed by atoms with Crippen LogP contribution < -0.4 is 16.4 Å². The minimum Gasteiger partial charge on any atom is -0.373 e. The molecule has 2 aliphatic rings. The van der Waals surface area contributed by atoms with Crippen LogP contribution in [0.25, 0.3) is 0 Å². The van der Waals surface area contributed by atoms with E-state index in [9.17, 15) is 4.79 Å². The number of nitrogens with zero attached hydrogens (tertiary/aromatic N) is 1. The summed E-state index contributed by atoms with van der Waals surface area (Å²) in [6.45, 7) is 1.38. The van der Waals surface area contributed by atoms with Gasteiger partial charge in [-0.15, -0.1) is 0 Å². The SMILES string of the molecule is N=C1CCCCC(C(CNC2=NCCC2)C(N)=O)N1. The van der Waals surface area contributed by atoms with Crippen LogP contribution in [0.2, 0.25) is 0 Å². The van der Waals surface area contributed by atoms with Gasteiger partial charge in [-0.25, -0.2) is 0 Å². The van der Waals surface area contributed by atoms with Gasteiger partial charge < -0.3 is 16.4 Å². The van der Waals surface area contributed by atoms with Crippen molar-refractivity contribution < 1.29 is 4.79 Å². The first-order chi connectivity index (χ1) is 9.16. The van der Waals surface area contributed by atoms with E-state index >= 15 is 0 Å². The molecule has 5 N–H and O–H groups in total. The molecule has 19 heavy (non-hydrogen) atoms. The van der Waals surface area contributed by atoms with Crippen LogP contribution in [0, 0.1) is 11.3 Å². The fraction of sp³-hybridized carbons (Fsp3) is 0.769. The smallest absolute Gasteiger partial charge is 0.224 e. The minimum absolute atomic E-state index is 0.0259. The maximum atomic E-state index is 11.7. The number of hydrogen-bond donors (Lipinski definition) is 4. The van der Waals surface area contributed by atoms with Gasteiger partial charge in [-0.2, -0.15) is 0 Å². The van der Waals surface area contributed by atoms with Crippen LogP contribution >= 0.6 is 0 Å². The first kappa shape index (κ1) is 13.8. The zero-order valence-corrected chi connectivity index (χ0v) is 11.2. The minimum atomic E-state index is -0.307. The first-order valence-corrected chi connectivity index (χ1v) is 7.07. The van der Waals surface area contributed by atoms with Gasteiger partial charge >= 0.3 is 0 Å². The Kier molecular flexibility index (Phi) is 4.76. The van der Waals surface area contributed by atoms with Crippen molar-refractivity contribution in [3.8, 4) is 0 Å². The number of amides is 1. The van der Waals surface area contributed by atoms with Gasteiger partial charge in [0, 0.05) is 32.0 Å². The van der Waals surface area contributed by atoms with E-state index in [-0.39, 0.29) is 17.9 Å². The third-order valence-electron chi connectivity index (χ3n) is 3.80. The summed E-state index contributed by atoms with van der Waals surface area (Å²) < 4.78 is 0. The van der Waals surface area contributed by atoms with Crippen molar-refractivity contribution >= 4 is 17.6 Å². The van der Waals surface area contributed by atoms with Gasteiger partial charge in [0.1, 0.15) is 0 Å². The van der Waals surface area contributed by atoms with Gasteiger partial charge in [-0.05, 0) is 19.3 Å². The Morgan fingerprint density at radius 3 is 3.00 bits per heavy atom. The molecule has 0 aromatic heterocycles. The molecular formula is C13H23N5O. The molecule has 0 spiro atoms. The first-order valence-electron chi connectivity index (χ1n) is 7.07. The molecule has 0 aromatic rings. The van der Waals surface area contributed by atoms with E-state index in [1.54, 1.807) is 0 Å². The average molecular weight is 265 g/mol. The maximum Gasteiger partial charge on any atom is 0.224 e. The molecule has 6 heteroatoms. The van der Waals surface area contributed by atoms with Gasteiger partial charge in [-0.1, -0.05) is 6.42 Å². The molecule has 0 radical (unpaired) electrons. The third kappa shape index (κ3) is 3.94. The number of rotatable bonds is 4. The summed E-state index contributed by atoms with van der Waals surface area (Å²) >= 11 is 0. The highest BCUT2D eigenvalue weighted by atomic mass is 16.1. The molecule has 1 saturated heterocycles. The molecule has 1 fully saturated rings. The predicted octanol–water partition coefficient (Wildman–Crippen LogP) is 0.379. The summed E-state index contributed by atoms with van der Waals surface area (Å²) in [6.07, 6.45) is 5.74. The van der Waals surface area contributed by atoms with E-state index in [1.165, 1.54) is 0 Å². The van der Waals surface area contributed by atoms with E-state index in [0.29, 0.717) is 12.4 Å². The molecule has 2 unspecified atom stereocenters. The van der Waals surface area contributed by atoms with Crippen molar-refractivity contribution in [1.82, 2.24) is 10.6 Å². The van der Waals surface area contributed by atoms with Crippen LogP contribution in [0.15, 0.2) is 4.99 Å². The molecular weight excluding hydrogens is 242 g/mol. The lowest BCUT2D eigenvalue weighted by Gasteiger charge is -2.25. The highest BCUT2D eigenvalue weighted by Gasteiger charge is 2.28. The zero-order chi connectivity index (χ0) is 13.7. The number of carbonyl (C=O) groups excluding carboxylic acids is 1. The molecule has 0 aliphatic carbocycles. The normalized spacial score (nSPS) is 25.2. The van der Waals surface area contributed by atoms with Crippen molar-refractivity contribution in [2.75, 3.05) is 13.1 Å². The lowest BCUT2D eigenvalue weighted by molar-refractivity contribution is -0.122. The topological polar surface area (TPSA) is 103 Å². The summed E-state index contributed by atoms with van der Waals surface area (Å²) in [5.74, 6) is 0.905. The van der Waals surface area contributed by atoms with Crippen molar-refractivity contribution in [3.05, 3.63) is 0 Å². The van der Waals surface area contributed by atoms with E-state index in [2.05, 4.69) is 15.6 Å². The Hall–Kier alpha value is -1.59. The van der Waals surface area contributed by atoms with Crippen LogP contribution in [-0.4, -0.2) is 36.7 Å². The fourth-order valence-electron chi connectivity index (χ4n) is 2.69. The molecule has 1 amide bonds. The second kappa shape index (κ2) is 6.54. The maximum absolute atomic E-state index is 11.7. The number of primary amides is 1. The van der Waals surface area contributed by atoms with Crippen LogP contribution in [0.3, 0.4) is 0 Å². The average Bonchev–Trinajstić information content (AvgIpc) is 2.78. The van der Waals surface area contributed by atoms with Gasteiger partial charge in [0.25, 0.3) is 0 Å². The van der Waals surface area contributed by atoms with Gasteiger partial charge in [-0.3, -0.25) is 15.2 Å². The molecule has 2 aliphatic heterocycles. The Balaban J connectivity index is 1.93. The summed E-state index contributed by atoms with van der Waals surface area (Å²) in [5.41, 5.74) is 5.52. The van der Waals surface area contributed by atoms with Crippen LogP contribution in [-0.2, 0) is 4.79 Å². The Labute approximate surface area is 113 Å². The molecule has 6 nitrogen and oxygen atoms in total. The monoisotopic (exact) mass is 265 g/mol. The van der Waals surface area contributed by atoms with Crippen LogP contribution in [0.4, 0.5) is 0 Å². The molecule has 106 valence electrons. The zero-order valence-electron chi connectivity index (χ0n) is 11.2. The summed E-state index contributed by atoms with van der Waals surface area (Å²) in [6, 6.07) is -0.0259. The summed E-state index contributed by atoms with van der Waals surface area (Å²) in [7, 11) is 0. The van der Waals surface area contributed by atoms with Crippen LogP contribution in [0.1, 0.15) is 38.5 Å². The molecule has 0 saturated carbocycles. The van der Waals surface area contributed by atoms with Gasteiger partial charge in [0.05, 0.1) is 17.6 Å². The second-order valence-corrected chi connectivity index (χ2v) is 5.30. The van der Waals surface area contributed by atoms with Crippen LogP contribution in [0.5, 0.6) is 0 Å². The second-order valence-electron chi connectivity index (χ2n) is 5.30.